The van der Waals surface area contributed by atoms with Crippen LogP contribution in [0.5, 0.6) is 0 Å². The molecule has 0 saturated heterocycles. The second kappa shape index (κ2) is 23.5. The molecule has 6 aliphatic rings. The Morgan fingerprint density at radius 1 is 0.364 bits per heavy atom. The zero-order chi connectivity index (χ0) is 38.1. The van der Waals surface area contributed by atoms with E-state index in [2.05, 4.69) is 31.9 Å². The predicted octanol–water partition coefficient (Wildman–Crippen LogP) is 5.98. The SMILES string of the molecule is O=C(NC1CCCCC1)C1CCC(OCNC(NCOC2CCC(C(=O)NC3CCCCC3)CC2)NCOC2CCC(C(=O)NC3CCCCC3)CC2)CC1. The summed E-state index contributed by atoms with van der Waals surface area (Å²) in [6.45, 7) is 1.12. The van der Waals surface area contributed by atoms with Crippen molar-refractivity contribution in [3.8, 4) is 0 Å². The molecule has 55 heavy (non-hydrogen) atoms. The molecule has 0 aromatic heterocycles. The molecule has 0 atom stereocenters. The molecule has 6 N–H and O–H groups in total. The lowest BCUT2D eigenvalue weighted by atomic mass is 9.86. The summed E-state index contributed by atoms with van der Waals surface area (Å²) in [5, 5.41) is 20.4. The van der Waals surface area contributed by atoms with Crippen LogP contribution in [-0.2, 0) is 28.6 Å². The van der Waals surface area contributed by atoms with Crippen molar-refractivity contribution in [2.45, 2.75) is 216 Å². The Hall–Kier alpha value is -1.83. The van der Waals surface area contributed by atoms with Crippen molar-refractivity contribution in [3.05, 3.63) is 0 Å². The summed E-state index contributed by atoms with van der Waals surface area (Å²) in [4.78, 5) is 38.7. The van der Waals surface area contributed by atoms with Gasteiger partial charge in [-0.05, 0) is 116 Å². The van der Waals surface area contributed by atoms with Gasteiger partial charge in [-0.2, -0.15) is 0 Å². The highest BCUT2D eigenvalue weighted by atomic mass is 16.5. The summed E-state index contributed by atoms with van der Waals surface area (Å²) < 4.78 is 18.8. The molecule has 0 heterocycles. The number of hydrogen-bond donors (Lipinski definition) is 6. The topological polar surface area (TPSA) is 151 Å². The molecular formula is C43H76N6O6. The monoisotopic (exact) mass is 773 g/mol. The molecule has 6 aliphatic carbocycles. The molecule has 6 saturated carbocycles. The highest BCUT2D eigenvalue weighted by Crippen LogP contribution is 2.30. The van der Waals surface area contributed by atoms with E-state index in [-0.39, 0.29) is 60.1 Å². The Balaban J connectivity index is 0.884. The zero-order valence-electron chi connectivity index (χ0n) is 33.9. The third-order valence-corrected chi connectivity index (χ3v) is 13.8. The minimum atomic E-state index is -0.284. The smallest absolute Gasteiger partial charge is 0.223 e. The van der Waals surface area contributed by atoms with Crippen LogP contribution in [0.2, 0.25) is 0 Å². The highest BCUT2D eigenvalue weighted by Gasteiger charge is 2.31. The van der Waals surface area contributed by atoms with Crippen molar-refractivity contribution < 1.29 is 28.6 Å². The fourth-order valence-corrected chi connectivity index (χ4v) is 10.1. The number of nitrogens with one attached hydrogen (secondary N) is 6. The van der Waals surface area contributed by atoms with E-state index in [1.807, 2.05) is 0 Å². The molecule has 0 aromatic rings. The first kappa shape index (κ1) is 42.8. The Morgan fingerprint density at radius 2 is 0.618 bits per heavy atom. The second-order valence-corrected chi connectivity index (χ2v) is 17.9. The van der Waals surface area contributed by atoms with Gasteiger partial charge >= 0.3 is 0 Å². The molecule has 12 heteroatoms. The highest BCUT2D eigenvalue weighted by molar-refractivity contribution is 5.80. The molecule has 0 unspecified atom stereocenters. The molecule has 6 rings (SSSR count). The maximum absolute atomic E-state index is 12.9. The molecule has 3 amide bonds. The van der Waals surface area contributed by atoms with E-state index in [0.717, 1.165) is 116 Å². The van der Waals surface area contributed by atoms with E-state index >= 15 is 0 Å². The predicted molar refractivity (Wildman–Crippen MR) is 213 cm³/mol. The second-order valence-electron chi connectivity index (χ2n) is 17.9. The van der Waals surface area contributed by atoms with Gasteiger partial charge in [-0.15, -0.1) is 0 Å². The molecule has 0 aliphatic heterocycles. The van der Waals surface area contributed by atoms with Gasteiger partial charge in [0.1, 0.15) is 6.29 Å². The summed E-state index contributed by atoms with van der Waals surface area (Å²) in [5.74, 6) is 1.02. The largest absolute Gasteiger partial charge is 0.363 e. The Bertz CT molecular complexity index is 983. The molecule has 0 radical (unpaired) electrons. The fourth-order valence-electron chi connectivity index (χ4n) is 10.1. The van der Waals surface area contributed by atoms with Gasteiger partial charge in [0, 0.05) is 35.9 Å². The lowest BCUT2D eigenvalue weighted by Gasteiger charge is -2.32. The van der Waals surface area contributed by atoms with Crippen molar-refractivity contribution >= 4 is 17.7 Å². The van der Waals surface area contributed by atoms with Crippen molar-refractivity contribution in [3.63, 3.8) is 0 Å². The fraction of sp³-hybridized carbons (Fsp3) is 0.930. The van der Waals surface area contributed by atoms with Crippen LogP contribution in [0.15, 0.2) is 0 Å². The van der Waals surface area contributed by atoms with Gasteiger partial charge in [-0.3, -0.25) is 30.3 Å². The third-order valence-electron chi connectivity index (χ3n) is 13.8. The van der Waals surface area contributed by atoms with E-state index < -0.39 is 0 Å². The van der Waals surface area contributed by atoms with Crippen LogP contribution in [0.1, 0.15) is 173 Å². The van der Waals surface area contributed by atoms with Gasteiger partial charge in [0.2, 0.25) is 17.7 Å². The molecule has 0 aromatic carbocycles. The van der Waals surface area contributed by atoms with Crippen molar-refractivity contribution in [2.75, 3.05) is 20.2 Å². The third kappa shape index (κ3) is 14.8. The lowest BCUT2D eigenvalue weighted by molar-refractivity contribution is -0.128. The molecular weight excluding hydrogens is 697 g/mol. The van der Waals surface area contributed by atoms with E-state index in [4.69, 9.17) is 14.2 Å². The molecule has 12 nitrogen and oxygen atoms in total. The first-order valence-corrected chi connectivity index (χ1v) is 22.9. The Labute approximate surface area is 331 Å². The maximum Gasteiger partial charge on any atom is 0.223 e. The van der Waals surface area contributed by atoms with Crippen LogP contribution >= 0.6 is 0 Å². The number of rotatable bonds is 18. The minimum Gasteiger partial charge on any atom is -0.363 e. The van der Waals surface area contributed by atoms with Crippen molar-refractivity contribution in [1.82, 2.24) is 31.9 Å². The first-order valence-electron chi connectivity index (χ1n) is 22.9. The number of ether oxygens (including phenoxy) is 3. The van der Waals surface area contributed by atoms with Crippen molar-refractivity contribution in [1.29, 1.82) is 0 Å². The van der Waals surface area contributed by atoms with Crippen molar-refractivity contribution in [2.24, 2.45) is 17.8 Å². The number of hydrogen-bond acceptors (Lipinski definition) is 9. The van der Waals surface area contributed by atoms with Gasteiger partial charge in [0.15, 0.2) is 0 Å². The van der Waals surface area contributed by atoms with Crippen LogP contribution in [0.3, 0.4) is 0 Å². The summed E-state index contributed by atoms with van der Waals surface area (Å²) >= 11 is 0. The quantitative estimate of drug-likeness (QED) is 0.0925. The van der Waals surface area contributed by atoms with Crippen LogP contribution in [0, 0.1) is 17.8 Å². The molecule has 0 spiro atoms. The van der Waals surface area contributed by atoms with Gasteiger partial charge < -0.3 is 30.2 Å². The Kier molecular flexibility index (Phi) is 18.3. The van der Waals surface area contributed by atoms with Crippen LogP contribution in [0.25, 0.3) is 0 Å². The van der Waals surface area contributed by atoms with Gasteiger partial charge in [0.05, 0.1) is 38.5 Å². The summed E-state index contributed by atoms with van der Waals surface area (Å²) in [6.07, 6.45) is 28.7. The maximum atomic E-state index is 12.9. The van der Waals surface area contributed by atoms with E-state index in [1.165, 1.54) is 57.8 Å². The van der Waals surface area contributed by atoms with Crippen LogP contribution in [-0.4, -0.2) is 80.6 Å². The zero-order valence-corrected chi connectivity index (χ0v) is 33.9. The van der Waals surface area contributed by atoms with Gasteiger partial charge in [-0.25, -0.2) is 0 Å². The van der Waals surface area contributed by atoms with Crippen LogP contribution < -0.4 is 31.9 Å². The number of amides is 3. The molecule has 0 bridgehead atoms. The minimum absolute atomic E-state index is 0.0998. The van der Waals surface area contributed by atoms with Gasteiger partial charge in [0.25, 0.3) is 0 Å². The summed E-state index contributed by atoms with van der Waals surface area (Å²) in [7, 11) is 0. The Morgan fingerprint density at radius 3 is 0.873 bits per heavy atom. The van der Waals surface area contributed by atoms with Gasteiger partial charge in [-0.1, -0.05) is 57.8 Å². The first-order chi connectivity index (χ1) is 27.0. The molecule has 314 valence electrons. The average molecular weight is 773 g/mol. The average Bonchev–Trinajstić information content (AvgIpc) is 3.22. The molecule has 6 fully saturated rings. The lowest BCUT2D eigenvalue weighted by Crippen LogP contribution is -2.55. The standard InChI is InChI=1S/C43H76N6O6/c50-40(47-34-10-4-1-5-11-34)31-16-22-37(23-17-31)53-28-44-43(45-29-54-38-24-18-32(19-25-38)41(51)48-35-12-6-2-7-13-35)46-30-55-39-26-20-33(21-27-39)42(52)49-36-14-8-3-9-15-36/h31-39,43-46H,1-30H2,(H,47,50)(H,48,51)(H,49,52). The number of carbonyl (C=O) groups is 3. The van der Waals surface area contributed by atoms with E-state index in [0.29, 0.717) is 38.3 Å². The summed E-state index contributed by atoms with van der Waals surface area (Å²) in [6, 6.07) is 1.10. The summed E-state index contributed by atoms with van der Waals surface area (Å²) in [5.41, 5.74) is 0. The normalized spacial score (nSPS) is 31.0. The van der Waals surface area contributed by atoms with E-state index in [1.54, 1.807) is 0 Å². The number of carbonyl (C=O) groups excluding carboxylic acids is 3. The van der Waals surface area contributed by atoms with E-state index in [9.17, 15) is 14.4 Å². The van der Waals surface area contributed by atoms with Crippen LogP contribution in [0.4, 0.5) is 0 Å².